The van der Waals surface area contributed by atoms with Crippen molar-refractivity contribution in [2.24, 2.45) is 0 Å². The molecule has 0 bridgehead atoms. The second-order valence-electron chi connectivity index (χ2n) is 24.1. The summed E-state index contributed by atoms with van der Waals surface area (Å²) in [5, 5.41) is 2.48. The van der Waals surface area contributed by atoms with Crippen LogP contribution in [0.1, 0.15) is 372 Å². The molecule has 75 heavy (non-hydrogen) atoms. The lowest BCUT2D eigenvalue weighted by atomic mass is 10.0. The van der Waals surface area contributed by atoms with Crippen molar-refractivity contribution in [3.8, 4) is 5.75 Å². The maximum Gasteiger partial charge on any atom is 0.281 e. The molecule has 436 valence electrons. The van der Waals surface area contributed by atoms with E-state index in [1.165, 1.54) is 377 Å². The minimum Gasteiger partial charge on any atom is -0.491 e. The summed E-state index contributed by atoms with van der Waals surface area (Å²) in [6.07, 6.45) is 84.8. The fourth-order valence-electron chi connectivity index (χ4n) is 11.7. The van der Waals surface area contributed by atoms with Gasteiger partial charge in [0.1, 0.15) is 12.4 Å². The van der Waals surface area contributed by atoms with E-state index in [1.54, 1.807) is 0 Å². The first kappa shape index (κ1) is 69.2. The maximum atomic E-state index is 8.72. The lowest BCUT2D eigenvalue weighted by molar-refractivity contribution is 0.0971. The van der Waals surface area contributed by atoms with Crippen molar-refractivity contribution in [1.29, 1.82) is 0 Å². The molecule has 0 radical (unpaired) electrons. The molecule has 3 nitrogen and oxygen atoms in total. The summed E-state index contributed by atoms with van der Waals surface area (Å²) in [7, 11) is 0. The number of unbranched alkanes of at least 4 members (excludes halogenated alkanes) is 57. The molecular formula is C72H131O3+. The molecule has 0 aliphatic carbocycles. The normalized spacial score (nSPS) is 11.6. The average molecular weight is 1040 g/mol. The van der Waals surface area contributed by atoms with Crippen LogP contribution >= 0.6 is 0 Å². The fraction of sp³-hybridized carbons (Fsp3) is 0.847. The second kappa shape index (κ2) is 59.8. The summed E-state index contributed by atoms with van der Waals surface area (Å²) >= 11 is 0. The molecule has 2 rings (SSSR count). The first-order chi connectivity index (χ1) is 37.4. The number of hydrogen-bond acceptors (Lipinski definition) is 2. The van der Waals surface area contributed by atoms with Gasteiger partial charge in [0, 0.05) is 6.61 Å². The largest absolute Gasteiger partial charge is 0.491 e. The quantitative estimate of drug-likeness (QED) is 0.0376. The van der Waals surface area contributed by atoms with Gasteiger partial charge in [0.15, 0.2) is 0 Å². The van der Waals surface area contributed by atoms with Gasteiger partial charge in [-0.05, 0) is 35.7 Å². The molecule has 0 fully saturated rings. The Balaban J connectivity index is 1.10. The number of aldehydes is 1. The standard InChI is InChI=1S/C72H130O3/c73-65-59-55-53-51-49-47-45-43-41-39-37-35-33-31-29-27-25-23-21-19-17-15-13-11-9-7-5-3-1-2-4-6-8-10-12-14-16-18-20-22-24-26-28-30-32-34-36-38-40-42-44-46-48-50-52-54-56-60-66-74-67-68-75-72-64-63-70-61-57-58-62-71(70)69-72/h57-58,61-65,69H,1-56,59-60,66-68H2/p+1. The van der Waals surface area contributed by atoms with Gasteiger partial charge in [-0.25, -0.2) is 0 Å². The van der Waals surface area contributed by atoms with E-state index in [0.717, 1.165) is 25.2 Å². The zero-order valence-electron chi connectivity index (χ0n) is 50.5. The third-order valence-corrected chi connectivity index (χ3v) is 16.8. The summed E-state index contributed by atoms with van der Waals surface area (Å²) in [5.74, 6) is 0.930. The highest BCUT2D eigenvalue weighted by atomic mass is 16.5. The Labute approximate surface area is 469 Å². The Morgan fingerprint density at radius 3 is 0.747 bits per heavy atom. The fourth-order valence-corrected chi connectivity index (χ4v) is 11.7. The van der Waals surface area contributed by atoms with Crippen LogP contribution in [-0.4, -0.2) is 30.9 Å². The molecule has 0 heterocycles. The molecule has 0 atom stereocenters. The van der Waals surface area contributed by atoms with Crippen molar-refractivity contribution in [2.75, 3.05) is 19.8 Å². The predicted octanol–water partition coefficient (Wildman–Crippen LogP) is 25.0. The molecule has 0 saturated carbocycles. The molecule has 2 aromatic carbocycles. The Hall–Kier alpha value is -1.87. The number of benzene rings is 2. The topological polar surface area (TPSA) is 39.9 Å². The van der Waals surface area contributed by atoms with E-state index in [0.29, 0.717) is 13.2 Å². The number of hydrogen-bond donors (Lipinski definition) is 0. The molecular weight excluding hydrogens is 913 g/mol. The van der Waals surface area contributed by atoms with Crippen LogP contribution in [0.5, 0.6) is 5.75 Å². The highest BCUT2D eigenvalue weighted by Gasteiger charge is 2.02. The first-order valence-corrected chi connectivity index (χ1v) is 34.6. The second-order valence-corrected chi connectivity index (χ2v) is 24.1. The van der Waals surface area contributed by atoms with Crippen molar-refractivity contribution >= 4 is 17.1 Å². The van der Waals surface area contributed by atoms with Gasteiger partial charge in [-0.1, -0.05) is 383 Å². The molecule has 0 aliphatic rings. The molecule has 3 heteroatoms. The molecule has 2 aromatic rings. The molecule has 0 aromatic heterocycles. The van der Waals surface area contributed by atoms with E-state index in [9.17, 15) is 0 Å². The Kier molecular flexibility index (Phi) is 55.2. The molecule has 1 N–H and O–H groups in total. The van der Waals surface area contributed by atoms with Gasteiger partial charge in [0.2, 0.25) is 0 Å². The lowest BCUT2D eigenvalue weighted by Crippen LogP contribution is -2.07. The van der Waals surface area contributed by atoms with E-state index in [2.05, 4.69) is 42.5 Å². The van der Waals surface area contributed by atoms with Crippen LogP contribution in [0.15, 0.2) is 42.5 Å². The van der Waals surface area contributed by atoms with E-state index in [-0.39, 0.29) is 0 Å². The SMILES string of the molecule is [OH+]=CCCCCCCCCCCCCCCCCCCCCCCCCCCCCCCCCCCCCCCCCCCCCCCCCCCCCCCCCCCCOCCOc1ccc2ccccc2c1. The van der Waals surface area contributed by atoms with E-state index in [4.69, 9.17) is 14.3 Å². The zero-order chi connectivity index (χ0) is 52.9. The van der Waals surface area contributed by atoms with Gasteiger partial charge in [-0.2, -0.15) is 0 Å². The van der Waals surface area contributed by atoms with Gasteiger partial charge in [-0.15, -0.1) is 0 Å². The van der Waals surface area contributed by atoms with Crippen molar-refractivity contribution in [1.82, 2.24) is 0 Å². The van der Waals surface area contributed by atoms with Gasteiger partial charge in [-0.3, -0.25) is 4.79 Å². The van der Waals surface area contributed by atoms with E-state index >= 15 is 0 Å². The summed E-state index contributed by atoms with van der Waals surface area (Å²) in [6, 6.07) is 14.7. The van der Waals surface area contributed by atoms with E-state index in [1.807, 2.05) is 0 Å². The summed E-state index contributed by atoms with van der Waals surface area (Å²) in [4.78, 5) is 8.72. The molecule has 0 saturated heterocycles. The monoisotopic (exact) mass is 1040 g/mol. The van der Waals surface area contributed by atoms with Crippen LogP contribution in [0.4, 0.5) is 0 Å². The van der Waals surface area contributed by atoms with Crippen LogP contribution in [-0.2, 0) is 4.74 Å². The minimum atomic E-state index is 0.622. The van der Waals surface area contributed by atoms with Crippen LogP contribution in [0.25, 0.3) is 10.8 Å². The molecule has 0 spiro atoms. The molecule has 0 amide bonds. The predicted molar refractivity (Wildman–Crippen MR) is 336 cm³/mol. The summed E-state index contributed by atoms with van der Waals surface area (Å²) in [6.45, 7) is 2.16. The van der Waals surface area contributed by atoms with Crippen LogP contribution in [0.2, 0.25) is 0 Å². The first-order valence-electron chi connectivity index (χ1n) is 34.6. The van der Waals surface area contributed by atoms with Gasteiger partial charge in [0.25, 0.3) is 6.29 Å². The van der Waals surface area contributed by atoms with Crippen LogP contribution in [0, 0.1) is 0 Å². The third-order valence-electron chi connectivity index (χ3n) is 16.8. The summed E-state index contributed by atoms with van der Waals surface area (Å²) < 4.78 is 11.7. The van der Waals surface area contributed by atoms with Gasteiger partial charge >= 0.3 is 0 Å². The van der Waals surface area contributed by atoms with E-state index < -0.39 is 0 Å². The van der Waals surface area contributed by atoms with Crippen LogP contribution in [0.3, 0.4) is 0 Å². The van der Waals surface area contributed by atoms with Crippen molar-refractivity contribution in [3.05, 3.63) is 42.5 Å². The minimum absolute atomic E-state index is 0.622. The highest BCUT2D eigenvalue weighted by molar-refractivity contribution is 5.83. The highest BCUT2D eigenvalue weighted by Crippen LogP contribution is 2.22. The maximum absolute atomic E-state index is 8.72. The Bertz CT molecular complexity index is 1390. The zero-order valence-corrected chi connectivity index (χ0v) is 50.5. The number of carbonyl (C=O) groups excluding carboxylic acids is 1. The lowest BCUT2D eigenvalue weighted by Gasteiger charge is -2.08. The average Bonchev–Trinajstić information content (AvgIpc) is 3.43. The Morgan fingerprint density at radius 1 is 0.240 bits per heavy atom. The third kappa shape index (κ3) is 51.3. The number of rotatable bonds is 64. The smallest absolute Gasteiger partial charge is 0.281 e. The van der Waals surface area contributed by atoms with Gasteiger partial charge < -0.3 is 9.47 Å². The molecule has 0 unspecified atom stereocenters. The van der Waals surface area contributed by atoms with Crippen molar-refractivity contribution < 1.29 is 14.3 Å². The van der Waals surface area contributed by atoms with Gasteiger partial charge in [0.05, 0.1) is 13.0 Å². The Morgan fingerprint density at radius 2 is 0.480 bits per heavy atom. The summed E-state index contributed by atoms with van der Waals surface area (Å²) in [5.41, 5.74) is 0. The van der Waals surface area contributed by atoms with Crippen molar-refractivity contribution in [2.45, 2.75) is 372 Å². The molecule has 0 aliphatic heterocycles. The van der Waals surface area contributed by atoms with Crippen LogP contribution < -0.4 is 4.74 Å². The number of ether oxygens (including phenoxy) is 2. The van der Waals surface area contributed by atoms with Crippen molar-refractivity contribution in [3.63, 3.8) is 0 Å². The number of fused-ring (bicyclic) bond motifs is 1.